The molecule has 0 aromatic heterocycles. The van der Waals surface area contributed by atoms with Crippen LogP contribution in [-0.2, 0) is 4.79 Å². The van der Waals surface area contributed by atoms with Crippen molar-refractivity contribution in [1.29, 1.82) is 0 Å². The highest BCUT2D eigenvalue weighted by Crippen LogP contribution is 2.28. The molecule has 156 valence electrons. The highest BCUT2D eigenvalue weighted by molar-refractivity contribution is 5.76. The second-order valence-corrected chi connectivity index (χ2v) is 7.21. The van der Waals surface area contributed by atoms with Gasteiger partial charge in [0.05, 0.1) is 12.6 Å². The van der Waals surface area contributed by atoms with Crippen LogP contribution in [0.3, 0.4) is 0 Å². The second kappa shape index (κ2) is 10.5. The van der Waals surface area contributed by atoms with Crippen LogP contribution in [0.1, 0.15) is 45.2 Å². The van der Waals surface area contributed by atoms with E-state index < -0.39 is 0 Å². The van der Waals surface area contributed by atoms with Crippen molar-refractivity contribution in [2.75, 3.05) is 6.61 Å². The van der Waals surface area contributed by atoms with Crippen molar-refractivity contribution >= 4 is 5.91 Å². The first-order chi connectivity index (χ1) is 14.6. The Balaban J connectivity index is 1.62. The smallest absolute Gasteiger partial charge is 0.220 e. The summed E-state index contributed by atoms with van der Waals surface area (Å²) in [4.78, 5) is 11.6. The lowest BCUT2D eigenvalue weighted by Gasteiger charge is -2.14. The fourth-order valence-corrected chi connectivity index (χ4v) is 3.07. The van der Waals surface area contributed by atoms with Crippen LogP contribution in [0.2, 0.25) is 0 Å². The van der Waals surface area contributed by atoms with E-state index in [-0.39, 0.29) is 11.9 Å². The van der Waals surface area contributed by atoms with Crippen LogP contribution in [0.25, 0.3) is 11.1 Å². The van der Waals surface area contributed by atoms with Gasteiger partial charge < -0.3 is 14.8 Å². The number of ether oxygens (including phenoxy) is 2. The monoisotopic (exact) mass is 403 g/mol. The summed E-state index contributed by atoms with van der Waals surface area (Å²) in [5, 5.41) is 2.99. The third kappa shape index (κ3) is 5.86. The molecular weight excluding hydrogens is 374 g/mol. The largest absolute Gasteiger partial charge is 0.494 e. The molecule has 4 nitrogen and oxygen atoms in total. The Bertz CT molecular complexity index is 932. The van der Waals surface area contributed by atoms with Crippen molar-refractivity contribution in [1.82, 2.24) is 5.32 Å². The summed E-state index contributed by atoms with van der Waals surface area (Å²) in [5.74, 6) is 2.48. The van der Waals surface area contributed by atoms with E-state index in [1.807, 2.05) is 62.4 Å². The Morgan fingerprint density at radius 2 is 1.30 bits per heavy atom. The number of nitrogens with one attached hydrogen (secondary N) is 1. The van der Waals surface area contributed by atoms with Crippen molar-refractivity contribution in [3.63, 3.8) is 0 Å². The standard InChI is InChI=1S/C26H29NO3/c1-4-18-29-23-14-16-25(17-15-23)30-24-12-10-22(11-13-24)21-8-6-20(7-9-21)19(3)27-26(28)5-2/h6-17,19H,4-5,18H2,1-3H3,(H,27,28). The van der Waals surface area contributed by atoms with Gasteiger partial charge in [0.15, 0.2) is 0 Å². The zero-order valence-corrected chi connectivity index (χ0v) is 17.9. The lowest BCUT2D eigenvalue weighted by atomic mass is 10.0. The van der Waals surface area contributed by atoms with E-state index in [1.165, 1.54) is 0 Å². The molecule has 0 spiro atoms. The zero-order valence-electron chi connectivity index (χ0n) is 17.9. The summed E-state index contributed by atoms with van der Waals surface area (Å²) in [7, 11) is 0. The average molecular weight is 404 g/mol. The maximum atomic E-state index is 11.6. The molecule has 0 heterocycles. The van der Waals surface area contributed by atoms with Gasteiger partial charge in [-0.3, -0.25) is 4.79 Å². The molecule has 30 heavy (non-hydrogen) atoms. The van der Waals surface area contributed by atoms with Gasteiger partial charge in [0, 0.05) is 6.42 Å². The Kier molecular flexibility index (Phi) is 7.50. The topological polar surface area (TPSA) is 47.6 Å². The van der Waals surface area contributed by atoms with Crippen LogP contribution in [0, 0.1) is 0 Å². The summed E-state index contributed by atoms with van der Waals surface area (Å²) in [6.07, 6.45) is 1.48. The highest BCUT2D eigenvalue weighted by atomic mass is 16.5. The first-order valence-electron chi connectivity index (χ1n) is 10.5. The lowest BCUT2D eigenvalue weighted by molar-refractivity contribution is -0.121. The van der Waals surface area contributed by atoms with Crippen LogP contribution in [-0.4, -0.2) is 12.5 Å². The van der Waals surface area contributed by atoms with Gasteiger partial charge >= 0.3 is 0 Å². The molecular formula is C26H29NO3. The lowest BCUT2D eigenvalue weighted by Crippen LogP contribution is -2.25. The van der Waals surface area contributed by atoms with E-state index in [0.717, 1.165) is 47.0 Å². The Hall–Kier alpha value is -3.27. The van der Waals surface area contributed by atoms with Crippen LogP contribution < -0.4 is 14.8 Å². The molecule has 1 N–H and O–H groups in total. The van der Waals surface area contributed by atoms with Crippen molar-refractivity contribution in [3.8, 4) is 28.4 Å². The predicted molar refractivity (Wildman–Crippen MR) is 121 cm³/mol. The van der Waals surface area contributed by atoms with Crippen molar-refractivity contribution in [2.45, 2.75) is 39.7 Å². The van der Waals surface area contributed by atoms with Gasteiger partial charge in [-0.2, -0.15) is 0 Å². The predicted octanol–water partition coefficient (Wildman–Crippen LogP) is 6.52. The highest BCUT2D eigenvalue weighted by Gasteiger charge is 2.08. The van der Waals surface area contributed by atoms with Gasteiger partial charge in [0.25, 0.3) is 0 Å². The first kappa shape index (κ1) is 21.4. The van der Waals surface area contributed by atoms with Crippen LogP contribution >= 0.6 is 0 Å². The SMILES string of the molecule is CCCOc1ccc(Oc2ccc(-c3ccc(C(C)NC(=O)CC)cc3)cc2)cc1. The number of amides is 1. The fourth-order valence-electron chi connectivity index (χ4n) is 3.07. The van der Waals surface area contributed by atoms with Gasteiger partial charge in [-0.15, -0.1) is 0 Å². The average Bonchev–Trinajstić information content (AvgIpc) is 2.79. The van der Waals surface area contributed by atoms with Gasteiger partial charge in [-0.05, 0) is 66.4 Å². The molecule has 0 aliphatic heterocycles. The van der Waals surface area contributed by atoms with Gasteiger partial charge in [0.2, 0.25) is 5.91 Å². The molecule has 3 aromatic carbocycles. The molecule has 0 radical (unpaired) electrons. The Labute approximate surface area is 178 Å². The van der Waals surface area contributed by atoms with Crippen LogP contribution in [0.5, 0.6) is 17.2 Å². The molecule has 0 fully saturated rings. The van der Waals surface area contributed by atoms with Crippen molar-refractivity contribution in [2.24, 2.45) is 0 Å². The Morgan fingerprint density at radius 1 is 0.800 bits per heavy atom. The minimum Gasteiger partial charge on any atom is -0.494 e. The van der Waals surface area contributed by atoms with E-state index in [0.29, 0.717) is 6.42 Å². The minimum atomic E-state index is 0.000960. The third-order valence-electron chi connectivity index (χ3n) is 4.83. The molecule has 0 saturated heterocycles. The Morgan fingerprint density at radius 3 is 1.83 bits per heavy atom. The van der Waals surface area contributed by atoms with E-state index in [1.54, 1.807) is 0 Å². The summed E-state index contributed by atoms with van der Waals surface area (Å²) >= 11 is 0. The van der Waals surface area contributed by atoms with Gasteiger partial charge in [0.1, 0.15) is 17.2 Å². The molecule has 1 unspecified atom stereocenters. The molecule has 4 heteroatoms. The summed E-state index contributed by atoms with van der Waals surface area (Å²) in [6, 6.07) is 24.0. The quantitative estimate of drug-likeness (QED) is 0.442. The second-order valence-electron chi connectivity index (χ2n) is 7.21. The minimum absolute atomic E-state index is 0.000960. The number of rotatable bonds is 9. The summed E-state index contributed by atoms with van der Waals surface area (Å²) < 4.78 is 11.5. The molecule has 0 bridgehead atoms. The zero-order chi connectivity index (χ0) is 21.3. The number of carbonyl (C=O) groups excluding carboxylic acids is 1. The maximum Gasteiger partial charge on any atom is 0.220 e. The normalized spacial score (nSPS) is 11.6. The molecule has 3 aromatic rings. The van der Waals surface area contributed by atoms with E-state index in [9.17, 15) is 4.79 Å². The van der Waals surface area contributed by atoms with Gasteiger partial charge in [-0.25, -0.2) is 0 Å². The molecule has 0 aliphatic rings. The van der Waals surface area contributed by atoms with E-state index >= 15 is 0 Å². The van der Waals surface area contributed by atoms with Crippen LogP contribution in [0.15, 0.2) is 72.8 Å². The molecule has 0 aliphatic carbocycles. The third-order valence-corrected chi connectivity index (χ3v) is 4.83. The van der Waals surface area contributed by atoms with Gasteiger partial charge in [-0.1, -0.05) is 50.2 Å². The molecule has 1 atom stereocenters. The van der Waals surface area contributed by atoms with Crippen molar-refractivity contribution < 1.29 is 14.3 Å². The van der Waals surface area contributed by atoms with E-state index in [4.69, 9.17) is 9.47 Å². The van der Waals surface area contributed by atoms with Crippen molar-refractivity contribution in [3.05, 3.63) is 78.4 Å². The number of hydrogen-bond acceptors (Lipinski definition) is 3. The molecule has 3 rings (SSSR count). The molecule has 1 amide bonds. The maximum absolute atomic E-state index is 11.6. The van der Waals surface area contributed by atoms with Crippen LogP contribution in [0.4, 0.5) is 0 Å². The summed E-state index contributed by atoms with van der Waals surface area (Å²) in [6.45, 7) is 6.66. The van der Waals surface area contributed by atoms with E-state index in [2.05, 4.69) is 36.5 Å². The molecule has 0 saturated carbocycles. The number of hydrogen-bond donors (Lipinski definition) is 1. The first-order valence-corrected chi connectivity index (χ1v) is 10.5. The fraction of sp³-hybridized carbons (Fsp3) is 0.269. The summed E-state index contributed by atoms with van der Waals surface area (Å²) in [5.41, 5.74) is 3.33. The number of benzene rings is 3. The number of carbonyl (C=O) groups is 1.